The van der Waals surface area contributed by atoms with Gasteiger partial charge in [-0.1, -0.05) is 68.2 Å². The molecule has 0 N–H and O–H groups in total. The smallest absolute Gasteiger partial charge is 0.428 e. The Bertz CT molecular complexity index is 779. The lowest BCUT2D eigenvalue weighted by molar-refractivity contribution is 0.243. The number of benzene rings is 2. The molecule has 0 unspecified atom stereocenters. The maximum Gasteiger partial charge on any atom is 0.428 e. The largest absolute Gasteiger partial charge is 0.454 e. The molecular formula is C17H17Cl4O3P. The molecule has 0 bridgehead atoms. The van der Waals surface area contributed by atoms with Gasteiger partial charge in [-0.05, 0) is 35.2 Å². The van der Waals surface area contributed by atoms with Crippen molar-refractivity contribution in [3.63, 3.8) is 0 Å². The number of halogens is 4. The molecule has 0 fully saturated rings. The van der Waals surface area contributed by atoms with Crippen molar-refractivity contribution >= 4 is 51.8 Å². The summed E-state index contributed by atoms with van der Waals surface area (Å²) in [5.74, 6) is 0.542. The number of ether oxygens (including phenoxy) is 1. The first-order chi connectivity index (χ1) is 11.4. The van der Waals surface area contributed by atoms with Gasteiger partial charge in [-0.3, -0.25) is 0 Å². The fourth-order valence-electron chi connectivity index (χ4n) is 2.13. The lowest BCUT2D eigenvalue weighted by Crippen LogP contribution is -2.20. The summed E-state index contributed by atoms with van der Waals surface area (Å²) in [7, 11) is 0. The summed E-state index contributed by atoms with van der Waals surface area (Å²) >= 11 is 23.7. The van der Waals surface area contributed by atoms with Gasteiger partial charge in [0.15, 0.2) is 0 Å². The maximum absolute atomic E-state index is 11.5. The van der Waals surface area contributed by atoms with Crippen molar-refractivity contribution in [1.29, 1.82) is 0 Å². The summed E-state index contributed by atoms with van der Waals surface area (Å²) < 4.78 is 20.5. The van der Waals surface area contributed by atoms with Gasteiger partial charge < -0.3 is 9.26 Å². The van der Waals surface area contributed by atoms with E-state index in [1.165, 1.54) is 6.07 Å². The number of hydrogen-bond acceptors (Lipinski definition) is 3. The molecule has 0 radical (unpaired) electrons. The van der Waals surface area contributed by atoms with Crippen LogP contribution in [0.15, 0.2) is 48.5 Å². The third kappa shape index (κ3) is 5.98. The zero-order valence-electron chi connectivity index (χ0n) is 13.8. The lowest BCUT2D eigenvalue weighted by atomic mass is 9.87. The Labute approximate surface area is 167 Å². The maximum atomic E-state index is 11.5. The highest BCUT2D eigenvalue weighted by molar-refractivity contribution is 8.05. The number of para-hydroxylation sites is 1. The summed E-state index contributed by atoms with van der Waals surface area (Å²) in [6, 6.07) is 13.8. The average Bonchev–Trinajstić information content (AvgIpc) is 2.45. The number of hydrogen-bond donors (Lipinski definition) is 0. The van der Waals surface area contributed by atoms with Crippen LogP contribution in [-0.2, 0) is 14.5 Å². The average molecular weight is 442 g/mol. The summed E-state index contributed by atoms with van der Waals surface area (Å²) in [5, 5.41) is 0. The molecule has 2 rings (SSSR count). The van der Waals surface area contributed by atoms with E-state index in [4.69, 9.17) is 54.9 Å². The highest BCUT2D eigenvalue weighted by atomic mass is 35.9. The van der Waals surface area contributed by atoms with Crippen LogP contribution in [0.4, 0.5) is 0 Å². The van der Waals surface area contributed by atoms with Crippen molar-refractivity contribution in [2.45, 2.75) is 30.7 Å². The second kappa shape index (κ2) is 7.58. The summed E-state index contributed by atoms with van der Waals surface area (Å²) in [5.41, 5.74) is 1.39. The van der Waals surface area contributed by atoms with Gasteiger partial charge in [-0.2, -0.15) is 0 Å². The van der Waals surface area contributed by atoms with Crippen LogP contribution in [0.25, 0.3) is 0 Å². The minimum atomic E-state index is -3.82. The van der Waals surface area contributed by atoms with E-state index >= 15 is 0 Å². The quantitative estimate of drug-likeness (QED) is 0.353. The first-order valence-corrected chi connectivity index (χ1v) is 11.5. The van der Waals surface area contributed by atoms with Gasteiger partial charge >= 0.3 is 6.07 Å². The third-order valence-corrected chi connectivity index (χ3v) is 4.76. The highest BCUT2D eigenvalue weighted by Crippen LogP contribution is 2.58. The Morgan fingerprint density at radius 1 is 0.920 bits per heavy atom. The molecule has 2 aromatic rings. The van der Waals surface area contributed by atoms with E-state index in [1.54, 1.807) is 30.3 Å². The van der Waals surface area contributed by atoms with Crippen LogP contribution in [0.2, 0.25) is 0 Å². The molecule has 0 aliphatic rings. The van der Waals surface area contributed by atoms with Crippen molar-refractivity contribution in [2.24, 2.45) is 0 Å². The Morgan fingerprint density at radius 2 is 1.48 bits per heavy atom. The van der Waals surface area contributed by atoms with Crippen LogP contribution in [0.5, 0.6) is 11.5 Å². The second-order valence-electron chi connectivity index (χ2n) is 6.40. The van der Waals surface area contributed by atoms with Gasteiger partial charge in [0.2, 0.25) is 0 Å². The third-order valence-electron chi connectivity index (χ3n) is 3.37. The molecular weight excluding hydrogens is 425 g/mol. The van der Waals surface area contributed by atoms with Crippen molar-refractivity contribution < 1.29 is 13.8 Å². The van der Waals surface area contributed by atoms with Crippen LogP contribution in [0.1, 0.15) is 31.9 Å². The molecule has 0 heterocycles. The fourth-order valence-corrected chi connectivity index (χ4v) is 3.45. The van der Waals surface area contributed by atoms with Crippen molar-refractivity contribution in [3.8, 4) is 11.5 Å². The monoisotopic (exact) mass is 440 g/mol. The van der Waals surface area contributed by atoms with Gasteiger partial charge in [-0.25, -0.2) is 4.57 Å². The summed E-state index contributed by atoms with van der Waals surface area (Å²) in [6.45, 7) is 6.33. The van der Waals surface area contributed by atoms with Crippen molar-refractivity contribution in [1.82, 2.24) is 0 Å². The van der Waals surface area contributed by atoms with Gasteiger partial charge in [-0.15, -0.1) is 0 Å². The normalized spacial score (nSPS) is 12.8. The fraction of sp³-hybridized carbons (Fsp3) is 0.294. The van der Waals surface area contributed by atoms with E-state index < -0.39 is 10.6 Å². The molecule has 0 atom stereocenters. The van der Waals surface area contributed by atoms with E-state index in [0.29, 0.717) is 5.75 Å². The van der Waals surface area contributed by atoms with Crippen LogP contribution in [0.3, 0.4) is 0 Å². The Kier molecular flexibility index (Phi) is 6.29. The minimum absolute atomic E-state index is 0.0137. The standard InChI is InChI=1S/C17H17Cl4O3P/c1-16(2,3)12-8-10-13(11-9-12)23-17(18,19)14-6-4-5-7-15(14)24-25(20,21)22/h4-11H,1-3H3. The molecule has 0 spiro atoms. The Balaban J connectivity index is 2.29. The highest BCUT2D eigenvalue weighted by Gasteiger charge is 2.34. The van der Waals surface area contributed by atoms with Gasteiger partial charge in [0.25, 0.3) is 4.52 Å². The molecule has 25 heavy (non-hydrogen) atoms. The van der Waals surface area contributed by atoms with Crippen molar-refractivity contribution in [2.75, 3.05) is 0 Å². The molecule has 0 saturated heterocycles. The van der Waals surface area contributed by atoms with E-state index in [0.717, 1.165) is 5.56 Å². The van der Waals surface area contributed by atoms with E-state index in [-0.39, 0.29) is 16.7 Å². The first-order valence-electron chi connectivity index (χ1n) is 7.34. The topological polar surface area (TPSA) is 35.5 Å². The zero-order valence-corrected chi connectivity index (χ0v) is 17.7. The van der Waals surface area contributed by atoms with Gasteiger partial charge in [0.05, 0.1) is 5.56 Å². The van der Waals surface area contributed by atoms with Crippen LogP contribution < -0.4 is 9.26 Å². The van der Waals surface area contributed by atoms with Crippen molar-refractivity contribution in [3.05, 3.63) is 59.7 Å². The SMILES string of the molecule is CC(C)(C)c1ccc(OC(Cl)(Cl)c2ccccc2OP(=O)(Cl)Cl)cc1. The second-order valence-corrected chi connectivity index (χ2v) is 11.9. The Hall–Kier alpha value is -0.570. The Morgan fingerprint density at radius 3 is 2.00 bits per heavy atom. The van der Waals surface area contributed by atoms with Crippen LogP contribution in [0, 0.1) is 0 Å². The molecule has 3 nitrogen and oxygen atoms in total. The van der Waals surface area contributed by atoms with Crippen LogP contribution in [-0.4, -0.2) is 0 Å². The molecule has 136 valence electrons. The van der Waals surface area contributed by atoms with E-state index in [2.05, 4.69) is 20.8 Å². The summed E-state index contributed by atoms with van der Waals surface area (Å²) in [6.07, 6.45) is -3.82. The lowest BCUT2D eigenvalue weighted by Gasteiger charge is -2.25. The predicted molar refractivity (Wildman–Crippen MR) is 106 cm³/mol. The van der Waals surface area contributed by atoms with E-state index in [1.807, 2.05) is 12.1 Å². The van der Waals surface area contributed by atoms with Crippen LogP contribution >= 0.6 is 51.8 Å². The summed E-state index contributed by atoms with van der Waals surface area (Å²) in [4.78, 5) is 0. The minimum Gasteiger partial charge on any atom is -0.454 e. The molecule has 0 aliphatic carbocycles. The molecule has 2 aromatic carbocycles. The predicted octanol–water partition coefficient (Wildman–Crippen LogP) is 7.62. The molecule has 0 amide bonds. The molecule has 0 aromatic heterocycles. The van der Waals surface area contributed by atoms with Gasteiger partial charge in [0, 0.05) is 22.5 Å². The number of rotatable bonds is 5. The van der Waals surface area contributed by atoms with Gasteiger partial charge in [0.1, 0.15) is 11.5 Å². The molecule has 0 aliphatic heterocycles. The molecule has 8 heteroatoms. The molecule has 0 saturated carbocycles. The van der Waals surface area contributed by atoms with E-state index in [9.17, 15) is 4.57 Å². The zero-order chi connectivity index (χ0) is 18.9. The number of alkyl halides is 2. The first kappa shape index (κ1) is 20.7.